The minimum Gasteiger partial charge on any atom is -0.497 e. The molecule has 0 saturated carbocycles. The normalized spacial score (nSPS) is 17.5. The van der Waals surface area contributed by atoms with Gasteiger partial charge < -0.3 is 14.8 Å². The molecule has 0 aliphatic carbocycles. The monoisotopic (exact) mass is 419 g/mol. The van der Waals surface area contributed by atoms with Crippen molar-refractivity contribution in [1.29, 1.82) is 0 Å². The van der Waals surface area contributed by atoms with E-state index in [9.17, 15) is 13.6 Å². The van der Waals surface area contributed by atoms with Gasteiger partial charge in [-0.15, -0.1) is 0 Å². The van der Waals surface area contributed by atoms with E-state index >= 15 is 0 Å². The van der Waals surface area contributed by atoms with E-state index in [0.717, 1.165) is 11.1 Å². The number of nitrogens with one attached hydrogen (secondary N) is 1. The summed E-state index contributed by atoms with van der Waals surface area (Å²) in [6, 6.07) is 20.4. The van der Waals surface area contributed by atoms with Gasteiger partial charge in [0.1, 0.15) is 5.75 Å². The molecule has 2 atom stereocenters. The molecular weight excluding hydrogens is 400 g/mol. The number of ether oxygens (including phenoxy) is 2. The van der Waals surface area contributed by atoms with E-state index in [1.54, 1.807) is 19.2 Å². The third-order valence-corrected chi connectivity index (χ3v) is 4.97. The summed E-state index contributed by atoms with van der Waals surface area (Å²) >= 11 is 0. The van der Waals surface area contributed by atoms with Crippen LogP contribution >= 0.6 is 0 Å². The van der Waals surface area contributed by atoms with E-state index < -0.39 is 24.7 Å². The first-order chi connectivity index (χ1) is 15.0. The number of halogens is 2. The van der Waals surface area contributed by atoms with Crippen LogP contribution in [-0.2, 0) is 4.74 Å². The average molecular weight is 419 g/mol. The molecule has 1 aliphatic heterocycles. The highest BCUT2D eigenvalue weighted by atomic mass is 19.3. The van der Waals surface area contributed by atoms with E-state index in [1.807, 2.05) is 48.5 Å². The molecular formula is C25H19F2NO3. The fourth-order valence-electron chi connectivity index (χ4n) is 3.46. The lowest BCUT2D eigenvalue weighted by molar-refractivity contribution is 0.132. The second kappa shape index (κ2) is 8.88. The molecule has 4 rings (SSSR count). The van der Waals surface area contributed by atoms with E-state index in [-0.39, 0.29) is 5.56 Å². The second-order valence-electron chi connectivity index (χ2n) is 7.03. The molecule has 1 N–H and O–H groups in total. The van der Waals surface area contributed by atoms with E-state index in [2.05, 4.69) is 17.2 Å². The maximum absolute atomic E-state index is 12.9. The number of cyclic esters (lactones) is 1. The zero-order valence-corrected chi connectivity index (χ0v) is 16.6. The van der Waals surface area contributed by atoms with Crippen LogP contribution in [0.2, 0.25) is 0 Å². The number of amides is 1. The van der Waals surface area contributed by atoms with Crippen LogP contribution in [0.3, 0.4) is 0 Å². The van der Waals surface area contributed by atoms with Crippen LogP contribution in [0, 0.1) is 11.8 Å². The molecule has 4 nitrogen and oxygen atoms in total. The zero-order valence-electron chi connectivity index (χ0n) is 16.6. The minimum absolute atomic E-state index is 0.0625. The Labute approximate surface area is 178 Å². The van der Waals surface area contributed by atoms with Crippen molar-refractivity contribution in [3.8, 4) is 17.6 Å². The van der Waals surface area contributed by atoms with Gasteiger partial charge in [-0.05, 0) is 47.5 Å². The molecule has 1 aliphatic rings. The van der Waals surface area contributed by atoms with Gasteiger partial charge in [0.15, 0.2) is 6.10 Å². The predicted octanol–water partition coefficient (Wildman–Crippen LogP) is 5.55. The first-order valence-corrected chi connectivity index (χ1v) is 9.64. The predicted molar refractivity (Wildman–Crippen MR) is 112 cm³/mol. The number of carbonyl (C=O) groups is 1. The zero-order chi connectivity index (χ0) is 21.8. The molecule has 0 radical (unpaired) electrons. The number of methoxy groups -OCH3 is 1. The Morgan fingerprint density at radius 2 is 1.61 bits per heavy atom. The van der Waals surface area contributed by atoms with Gasteiger partial charge in [-0.3, -0.25) is 0 Å². The molecule has 0 bridgehead atoms. The maximum Gasteiger partial charge on any atom is 0.408 e. The van der Waals surface area contributed by atoms with Gasteiger partial charge in [0.25, 0.3) is 6.43 Å². The van der Waals surface area contributed by atoms with Gasteiger partial charge in [-0.1, -0.05) is 48.2 Å². The summed E-state index contributed by atoms with van der Waals surface area (Å²) in [6.07, 6.45) is -3.56. The van der Waals surface area contributed by atoms with Crippen LogP contribution in [0.4, 0.5) is 13.6 Å². The maximum atomic E-state index is 12.9. The lowest BCUT2D eigenvalue weighted by Gasteiger charge is -2.18. The number of carbonyl (C=O) groups excluding carboxylic acids is 1. The Morgan fingerprint density at radius 3 is 2.35 bits per heavy atom. The van der Waals surface area contributed by atoms with Crippen molar-refractivity contribution in [1.82, 2.24) is 5.32 Å². The van der Waals surface area contributed by atoms with Gasteiger partial charge in [0, 0.05) is 16.7 Å². The summed E-state index contributed by atoms with van der Waals surface area (Å²) in [7, 11) is 1.58. The number of benzene rings is 3. The number of hydrogen-bond acceptors (Lipinski definition) is 3. The molecule has 1 amide bonds. The summed E-state index contributed by atoms with van der Waals surface area (Å²) in [5.41, 5.74) is 2.78. The third-order valence-electron chi connectivity index (χ3n) is 4.97. The highest BCUT2D eigenvalue weighted by Crippen LogP contribution is 2.37. The van der Waals surface area contributed by atoms with E-state index in [4.69, 9.17) is 9.47 Å². The van der Waals surface area contributed by atoms with Crippen molar-refractivity contribution in [3.05, 3.63) is 101 Å². The Hall–Kier alpha value is -3.85. The molecule has 0 aromatic heterocycles. The lowest BCUT2D eigenvalue weighted by atomic mass is 9.95. The van der Waals surface area contributed by atoms with Crippen molar-refractivity contribution < 1.29 is 23.0 Å². The molecule has 31 heavy (non-hydrogen) atoms. The Bertz CT molecular complexity index is 1170. The first-order valence-electron chi connectivity index (χ1n) is 9.64. The van der Waals surface area contributed by atoms with Crippen LogP contribution in [0.25, 0.3) is 0 Å². The largest absolute Gasteiger partial charge is 0.497 e. The van der Waals surface area contributed by atoms with Crippen LogP contribution in [-0.4, -0.2) is 13.2 Å². The standard InChI is InChI=1S/C25H19F2NO3/c1-30-21-10-4-8-19(15-21)23-22(28-25(29)31-23)18-7-2-5-16(13-18)11-12-17-6-3-9-20(14-17)24(26)27/h2-10,13-15,22-24H,1H3,(H,28,29). The highest BCUT2D eigenvalue weighted by Gasteiger charge is 2.36. The lowest BCUT2D eigenvalue weighted by Crippen LogP contribution is -2.19. The summed E-state index contributed by atoms with van der Waals surface area (Å²) < 4.78 is 36.6. The van der Waals surface area contributed by atoms with Crippen molar-refractivity contribution in [3.63, 3.8) is 0 Å². The molecule has 2 unspecified atom stereocenters. The average Bonchev–Trinajstić information content (AvgIpc) is 3.20. The van der Waals surface area contributed by atoms with Gasteiger partial charge >= 0.3 is 6.09 Å². The van der Waals surface area contributed by atoms with Crippen molar-refractivity contribution in [2.75, 3.05) is 7.11 Å². The van der Waals surface area contributed by atoms with Crippen LogP contribution in [0.1, 0.15) is 46.4 Å². The third kappa shape index (κ3) is 4.67. The molecule has 1 fully saturated rings. The van der Waals surface area contributed by atoms with Crippen LogP contribution in [0.5, 0.6) is 5.75 Å². The first kappa shape index (κ1) is 20.4. The van der Waals surface area contributed by atoms with Crippen molar-refractivity contribution in [2.45, 2.75) is 18.6 Å². The summed E-state index contributed by atoms with van der Waals surface area (Å²) in [4.78, 5) is 12.0. The molecule has 3 aromatic rings. The Kier molecular flexibility index (Phi) is 5.85. The van der Waals surface area contributed by atoms with E-state index in [1.165, 1.54) is 12.1 Å². The fraction of sp³-hybridized carbons (Fsp3) is 0.160. The van der Waals surface area contributed by atoms with Gasteiger partial charge in [-0.2, -0.15) is 0 Å². The molecule has 3 aromatic carbocycles. The molecule has 6 heteroatoms. The second-order valence-corrected chi connectivity index (χ2v) is 7.03. The fourth-order valence-corrected chi connectivity index (χ4v) is 3.46. The van der Waals surface area contributed by atoms with Gasteiger partial charge in [0.05, 0.1) is 13.2 Å². The number of rotatable bonds is 4. The smallest absolute Gasteiger partial charge is 0.408 e. The SMILES string of the molecule is COc1cccc(C2OC(=O)NC2c2cccc(C#Cc3cccc(C(F)F)c3)c2)c1. The van der Waals surface area contributed by atoms with Crippen LogP contribution in [0.15, 0.2) is 72.8 Å². The molecule has 0 spiro atoms. The number of alkyl halides is 2. The molecule has 1 heterocycles. The summed E-state index contributed by atoms with van der Waals surface area (Å²) in [5.74, 6) is 6.60. The van der Waals surface area contributed by atoms with Gasteiger partial charge in [-0.25, -0.2) is 13.6 Å². The van der Waals surface area contributed by atoms with Gasteiger partial charge in [0.2, 0.25) is 0 Å². The highest BCUT2D eigenvalue weighted by molar-refractivity contribution is 5.71. The van der Waals surface area contributed by atoms with Crippen molar-refractivity contribution >= 4 is 6.09 Å². The summed E-state index contributed by atoms with van der Waals surface area (Å²) in [6.45, 7) is 0. The van der Waals surface area contributed by atoms with Crippen molar-refractivity contribution in [2.24, 2.45) is 0 Å². The number of alkyl carbamates (subject to hydrolysis) is 1. The minimum atomic E-state index is -2.54. The Balaban J connectivity index is 1.61. The quantitative estimate of drug-likeness (QED) is 0.564. The molecule has 156 valence electrons. The van der Waals surface area contributed by atoms with E-state index in [0.29, 0.717) is 16.9 Å². The van der Waals surface area contributed by atoms with Crippen LogP contribution < -0.4 is 10.1 Å². The molecule has 1 saturated heterocycles. The number of hydrogen-bond donors (Lipinski definition) is 1. The Morgan fingerprint density at radius 1 is 0.935 bits per heavy atom. The summed E-state index contributed by atoms with van der Waals surface area (Å²) in [5, 5.41) is 2.84. The topological polar surface area (TPSA) is 47.6 Å².